The molecule has 0 N–H and O–H groups in total. The maximum atomic E-state index is 0. The van der Waals surface area contributed by atoms with Crippen LogP contribution in [0.25, 0.3) is 0 Å². The third-order valence-corrected chi connectivity index (χ3v) is 0. The van der Waals surface area contributed by atoms with Crippen LogP contribution in [0.2, 0.25) is 0 Å². The summed E-state index contributed by atoms with van der Waals surface area (Å²) in [6, 6.07) is 0. The van der Waals surface area contributed by atoms with Crippen molar-refractivity contribution in [2.24, 2.45) is 0 Å². The monoisotopic (exact) mass is 300 g/mol. The summed E-state index contributed by atoms with van der Waals surface area (Å²) in [7, 11) is 0. The van der Waals surface area contributed by atoms with Crippen LogP contribution in [0.5, 0.6) is 0 Å². The number of hydrogen-bond acceptors (Lipinski definition) is 0. The molecule has 0 aliphatic rings. The van der Waals surface area contributed by atoms with Gasteiger partial charge >= 0.3 is 0 Å². The van der Waals surface area contributed by atoms with Gasteiger partial charge in [0.1, 0.15) is 0 Å². The first-order valence-corrected chi connectivity index (χ1v) is 0. The van der Waals surface area contributed by atoms with Crippen LogP contribution >= 0.6 is 0 Å². The van der Waals surface area contributed by atoms with Crippen molar-refractivity contribution in [1.29, 1.82) is 0 Å². The molecule has 0 saturated heterocycles. The molecule has 0 fully saturated rings. The summed E-state index contributed by atoms with van der Waals surface area (Å²) in [4.78, 5) is 0. The Balaban J connectivity index is 0. The first kappa shape index (κ1) is 30.6. The Kier molecular flexibility index (Phi) is 134. The summed E-state index contributed by atoms with van der Waals surface area (Å²) in [6.45, 7) is 0. The van der Waals surface area contributed by atoms with E-state index in [1.165, 1.54) is 0 Å². The zero-order chi connectivity index (χ0) is 0. The number of rotatable bonds is 0. The van der Waals surface area contributed by atoms with Gasteiger partial charge in [0.05, 0.1) is 0 Å². The van der Waals surface area contributed by atoms with Gasteiger partial charge in [-0.05, 0) is 11.0 Å². The summed E-state index contributed by atoms with van der Waals surface area (Å²) in [5, 5.41) is 0. The summed E-state index contributed by atoms with van der Waals surface area (Å²) >= 11 is 0. The van der Waals surface area contributed by atoms with Crippen LogP contribution in [0, 0.1) is 40.8 Å². The Morgan fingerprint density at radius 3 is 0.750 bits per heavy atom. The summed E-state index contributed by atoms with van der Waals surface area (Å²) in [5.41, 5.74) is 0. The van der Waals surface area contributed by atoms with Crippen molar-refractivity contribution in [3.8, 4) is 0 Å². The van der Waals surface area contributed by atoms with Gasteiger partial charge in [0.15, 0.2) is 0 Å². The van der Waals surface area contributed by atoms with E-state index in [0.717, 1.165) is 0 Å². The Morgan fingerprint density at radius 1 is 0.750 bits per heavy atom. The average Bonchev–Trinajstić information content (AvgIpc) is 0. The quantitative estimate of drug-likeness (QED) is 0.480. The fourth-order valence-electron chi connectivity index (χ4n) is 0. The molecule has 0 spiro atoms. The van der Waals surface area contributed by atoms with E-state index in [9.17, 15) is 0 Å². The van der Waals surface area contributed by atoms with E-state index in [4.69, 9.17) is 0 Å². The van der Waals surface area contributed by atoms with Crippen molar-refractivity contribution in [3.63, 3.8) is 0 Å². The Hall–Kier alpha value is 2.61. The van der Waals surface area contributed by atoms with Crippen LogP contribution in [0.4, 0.5) is 0 Å². The molecule has 0 aromatic heterocycles. The topological polar surface area (TPSA) is 0 Å². The molecular weight excluding hydrogens is 299 g/mol. The molecular formula is H4Cu2NdSi. The largest absolute Gasteiger partial charge is 0.0149 e. The third kappa shape index (κ3) is 8.82. The molecule has 0 saturated carbocycles. The van der Waals surface area contributed by atoms with Crippen LogP contribution in [0.1, 0.15) is 0 Å². The predicted octanol–water partition coefficient (Wildman–Crippen LogP) is -1.46. The summed E-state index contributed by atoms with van der Waals surface area (Å²) in [6.07, 6.45) is 0. The van der Waals surface area contributed by atoms with E-state index in [1.54, 1.807) is 0 Å². The Bertz CT molecular complexity index is 6.00. The Labute approximate surface area is 84.4 Å². The third-order valence-electron chi connectivity index (χ3n) is 0. The second-order valence-electron chi connectivity index (χ2n) is 0. The SMILES string of the molecule is [Cu].[Cu].[Nd].[SiH4]. The molecule has 34 valence electrons. The van der Waals surface area contributed by atoms with Gasteiger partial charge in [0, 0.05) is 75.0 Å². The molecule has 0 rings (SSSR count). The zero-order valence-corrected chi connectivity index (χ0v) is 6.19. The van der Waals surface area contributed by atoms with Gasteiger partial charge in [-0.3, -0.25) is 0 Å². The minimum Gasteiger partial charge on any atom is -0.0149 e. The van der Waals surface area contributed by atoms with Gasteiger partial charge in [0.25, 0.3) is 0 Å². The minimum absolute atomic E-state index is 0. The first-order chi connectivity index (χ1) is 0. The van der Waals surface area contributed by atoms with E-state index >= 15 is 0 Å². The average molecular weight is 303 g/mol. The van der Waals surface area contributed by atoms with E-state index in [1.807, 2.05) is 0 Å². The maximum absolute atomic E-state index is 0. The van der Waals surface area contributed by atoms with Gasteiger partial charge in [-0.1, -0.05) is 0 Å². The summed E-state index contributed by atoms with van der Waals surface area (Å²) < 4.78 is 0. The van der Waals surface area contributed by atoms with Gasteiger partial charge in [-0.25, -0.2) is 0 Å². The van der Waals surface area contributed by atoms with Crippen molar-refractivity contribution in [2.45, 2.75) is 0 Å². The molecule has 2 radical (unpaired) electrons. The molecule has 0 unspecified atom stereocenters. The fourth-order valence-corrected chi connectivity index (χ4v) is 0. The van der Waals surface area contributed by atoms with Crippen molar-refractivity contribution in [3.05, 3.63) is 0 Å². The van der Waals surface area contributed by atoms with Gasteiger partial charge in [0.2, 0.25) is 0 Å². The van der Waals surface area contributed by atoms with Crippen molar-refractivity contribution < 1.29 is 75.0 Å². The van der Waals surface area contributed by atoms with Gasteiger partial charge in [-0.15, -0.1) is 0 Å². The number of hydrogen-bond donors (Lipinski definition) is 0. The normalized spacial score (nSPS) is 0. The van der Waals surface area contributed by atoms with Crippen molar-refractivity contribution >= 4 is 11.0 Å². The standard InChI is InChI=1S/2Cu.Nd.H4Si/h;;;1H4. The van der Waals surface area contributed by atoms with Gasteiger partial charge < -0.3 is 0 Å². The van der Waals surface area contributed by atoms with Crippen LogP contribution < -0.4 is 0 Å². The van der Waals surface area contributed by atoms with Crippen LogP contribution in [-0.4, -0.2) is 11.0 Å². The van der Waals surface area contributed by atoms with Crippen molar-refractivity contribution in [1.82, 2.24) is 0 Å². The fraction of sp³-hybridized carbons (Fsp3) is 0. The molecule has 0 heterocycles. The molecule has 4 heavy (non-hydrogen) atoms. The van der Waals surface area contributed by atoms with E-state index in [0.29, 0.717) is 0 Å². The molecule has 0 aliphatic carbocycles. The van der Waals surface area contributed by atoms with Crippen LogP contribution in [0.15, 0.2) is 0 Å². The molecule has 0 aliphatic heterocycles. The zero-order valence-electron chi connectivity index (χ0n) is 1.10. The van der Waals surface area contributed by atoms with Gasteiger partial charge in [-0.2, -0.15) is 0 Å². The minimum atomic E-state index is 0. The molecule has 0 bridgehead atoms. The second-order valence-corrected chi connectivity index (χ2v) is 0. The summed E-state index contributed by atoms with van der Waals surface area (Å²) in [5.74, 6) is 0. The molecule has 0 aromatic carbocycles. The van der Waals surface area contributed by atoms with Crippen LogP contribution in [-0.2, 0) is 34.1 Å². The molecule has 0 nitrogen and oxygen atoms in total. The van der Waals surface area contributed by atoms with E-state index in [2.05, 4.69) is 0 Å². The predicted molar refractivity (Wildman–Crippen MR) is 11.3 cm³/mol. The molecule has 0 aromatic rings. The molecule has 0 atom stereocenters. The molecule has 0 amide bonds. The van der Waals surface area contributed by atoms with E-state index in [-0.39, 0.29) is 85.9 Å². The van der Waals surface area contributed by atoms with Crippen LogP contribution in [0.3, 0.4) is 0 Å². The Morgan fingerprint density at radius 2 is 0.750 bits per heavy atom. The van der Waals surface area contributed by atoms with Crippen molar-refractivity contribution in [2.75, 3.05) is 0 Å². The first-order valence-electron chi connectivity index (χ1n) is 0. The smallest absolute Gasteiger partial charge is 0 e. The molecule has 4 heteroatoms. The maximum Gasteiger partial charge on any atom is 0 e. The van der Waals surface area contributed by atoms with E-state index < -0.39 is 0 Å². The second kappa shape index (κ2) is 17.5.